The molecule has 0 fully saturated rings. The van der Waals surface area contributed by atoms with Crippen molar-refractivity contribution in [2.24, 2.45) is 4.99 Å². The van der Waals surface area contributed by atoms with Crippen molar-refractivity contribution in [3.8, 4) is 11.5 Å². The first kappa shape index (κ1) is 24.6. The second-order valence-electron chi connectivity index (χ2n) is 8.15. The zero-order valence-corrected chi connectivity index (χ0v) is 20.7. The van der Waals surface area contributed by atoms with E-state index in [9.17, 15) is 14.4 Å². The van der Waals surface area contributed by atoms with E-state index >= 15 is 0 Å². The molecule has 184 valence electrons. The normalized spacial score (nSPS) is 17.1. The molecule has 2 N–H and O–H groups in total. The fourth-order valence-electron chi connectivity index (χ4n) is 3.80. The summed E-state index contributed by atoms with van der Waals surface area (Å²) in [5.41, 5.74) is 1.78. The fraction of sp³-hybridized carbons (Fsp3) is 0.360. The molecular weight excluding hydrogens is 468 g/mol. The summed E-state index contributed by atoms with van der Waals surface area (Å²) in [5, 5.41) is 5.87. The summed E-state index contributed by atoms with van der Waals surface area (Å²) in [5.74, 6) is 0.465. The van der Waals surface area contributed by atoms with Gasteiger partial charge in [0.25, 0.3) is 11.8 Å². The number of benzene rings is 2. The third-order valence-corrected chi connectivity index (χ3v) is 7.00. The Morgan fingerprint density at radius 2 is 1.91 bits per heavy atom. The summed E-state index contributed by atoms with van der Waals surface area (Å²) in [6, 6.07) is 12.0. The van der Waals surface area contributed by atoms with Crippen LogP contribution >= 0.6 is 11.8 Å². The van der Waals surface area contributed by atoms with E-state index in [1.54, 1.807) is 24.3 Å². The molecule has 2 heterocycles. The highest BCUT2D eigenvalue weighted by atomic mass is 32.2. The molecular formula is C25H28N4O5S. The first-order chi connectivity index (χ1) is 16.9. The van der Waals surface area contributed by atoms with Crippen LogP contribution in [0.5, 0.6) is 11.5 Å². The maximum absolute atomic E-state index is 12.8. The summed E-state index contributed by atoms with van der Waals surface area (Å²) in [6.45, 7) is 7.56. The highest BCUT2D eigenvalue weighted by Gasteiger charge is 2.32. The molecule has 2 aromatic carbocycles. The SMILES string of the molecule is CCN(CC)C1=NC(=O)[C@@H](CC(=O)Nc2cccc(C(=O)N[C@H](C)c3ccc4c(c3)OCO4)c2)S1. The summed E-state index contributed by atoms with van der Waals surface area (Å²) in [4.78, 5) is 43.8. The molecule has 2 aliphatic rings. The van der Waals surface area contributed by atoms with Gasteiger partial charge in [-0.15, -0.1) is 0 Å². The number of aliphatic imine (C=N–C) groups is 1. The number of nitrogens with zero attached hydrogens (tertiary/aromatic N) is 2. The van der Waals surface area contributed by atoms with Crippen molar-refractivity contribution in [2.75, 3.05) is 25.2 Å². The molecule has 0 saturated carbocycles. The van der Waals surface area contributed by atoms with Gasteiger partial charge in [0.15, 0.2) is 16.7 Å². The molecule has 4 rings (SSSR count). The van der Waals surface area contributed by atoms with Gasteiger partial charge in [0.2, 0.25) is 12.7 Å². The third-order valence-electron chi connectivity index (χ3n) is 5.79. The van der Waals surface area contributed by atoms with Crippen molar-refractivity contribution in [1.29, 1.82) is 0 Å². The van der Waals surface area contributed by atoms with Gasteiger partial charge in [-0.25, -0.2) is 0 Å². The van der Waals surface area contributed by atoms with Gasteiger partial charge in [0.1, 0.15) is 5.25 Å². The monoisotopic (exact) mass is 496 g/mol. The fourth-order valence-corrected chi connectivity index (χ4v) is 5.00. The number of nitrogens with one attached hydrogen (secondary N) is 2. The Bertz CT molecular complexity index is 1160. The lowest BCUT2D eigenvalue weighted by molar-refractivity contribution is -0.121. The minimum Gasteiger partial charge on any atom is -0.454 e. The predicted molar refractivity (Wildman–Crippen MR) is 135 cm³/mol. The van der Waals surface area contributed by atoms with E-state index in [0.717, 1.165) is 18.7 Å². The number of hydrogen-bond acceptors (Lipinski definition) is 7. The zero-order chi connectivity index (χ0) is 24.9. The van der Waals surface area contributed by atoms with Gasteiger partial charge in [0, 0.05) is 30.8 Å². The van der Waals surface area contributed by atoms with Gasteiger partial charge in [0.05, 0.1) is 6.04 Å². The minimum atomic E-state index is -0.542. The minimum absolute atomic E-state index is 0.00927. The van der Waals surface area contributed by atoms with Crippen molar-refractivity contribution in [3.05, 3.63) is 53.6 Å². The summed E-state index contributed by atoms with van der Waals surface area (Å²) in [6.07, 6.45) is 0.00927. The Labute approximate surface area is 208 Å². The van der Waals surface area contributed by atoms with Crippen LogP contribution in [-0.4, -0.2) is 52.9 Å². The molecule has 2 aliphatic heterocycles. The van der Waals surface area contributed by atoms with Gasteiger partial charge in [-0.1, -0.05) is 23.9 Å². The first-order valence-electron chi connectivity index (χ1n) is 11.5. The van der Waals surface area contributed by atoms with E-state index in [-0.39, 0.29) is 37.0 Å². The van der Waals surface area contributed by atoms with Crippen molar-refractivity contribution in [2.45, 2.75) is 38.5 Å². The highest BCUT2D eigenvalue weighted by molar-refractivity contribution is 8.15. The van der Waals surface area contributed by atoms with Crippen molar-refractivity contribution in [3.63, 3.8) is 0 Å². The molecule has 0 radical (unpaired) electrons. The lowest BCUT2D eigenvalue weighted by atomic mass is 10.1. The van der Waals surface area contributed by atoms with Gasteiger partial charge < -0.3 is 25.0 Å². The number of hydrogen-bond donors (Lipinski definition) is 2. The molecule has 0 saturated heterocycles. The number of carbonyl (C=O) groups is 3. The molecule has 10 heteroatoms. The van der Waals surface area contributed by atoms with Crippen LogP contribution in [0.3, 0.4) is 0 Å². The average Bonchev–Trinajstić information content (AvgIpc) is 3.46. The Morgan fingerprint density at radius 3 is 2.69 bits per heavy atom. The van der Waals surface area contributed by atoms with E-state index < -0.39 is 5.25 Å². The number of rotatable bonds is 8. The van der Waals surface area contributed by atoms with Crippen LogP contribution in [0.4, 0.5) is 5.69 Å². The molecule has 35 heavy (non-hydrogen) atoms. The van der Waals surface area contributed by atoms with Crippen molar-refractivity contribution >= 4 is 40.3 Å². The highest BCUT2D eigenvalue weighted by Crippen LogP contribution is 2.34. The van der Waals surface area contributed by atoms with Gasteiger partial charge in [-0.05, 0) is 56.7 Å². The number of fused-ring (bicyclic) bond motifs is 1. The molecule has 0 spiro atoms. The Kier molecular flexibility index (Phi) is 7.60. The average molecular weight is 497 g/mol. The van der Waals surface area contributed by atoms with E-state index in [2.05, 4.69) is 15.6 Å². The molecule has 0 aromatic heterocycles. The van der Waals surface area contributed by atoms with Crippen LogP contribution in [0, 0.1) is 0 Å². The maximum Gasteiger partial charge on any atom is 0.262 e. The molecule has 2 atom stereocenters. The number of thioether (sulfide) groups is 1. The van der Waals surface area contributed by atoms with E-state index in [1.807, 2.05) is 43.9 Å². The number of anilines is 1. The molecule has 0 bridgehead atoms. The topological polar surface area (TPSA) is 109 Å². The number of amidine groups is 1. The van der Waals surface area contributed by atoms with E-state index in [0.29, 0.717) is 27.9 Å². The molecule has 0 aliphatic carbocycles. The van der Waals surface area contributed by atoms with Gasteiger partial charge in [-0.2, -0.15) is 4.99 Å². The van der Waals surface area contributed by atoms with Crippen LogP contribution in [0.15, 0.2) is 47.5 Å². The molecule has 3 amide bonds. The summed E-state index contributed by atoms with van der Waals surface area (Å²) >= 11 is 1.32. The standard InChI is InChI=1S/C25H28N4O5S/c1-4-29(5-2)25-28-24(32)21(35-25)13-22(30)27-18-8-6-7-17(11-18)23(31)26-15(3)16-9-10-19-20(12-16)34-14-33-19/h6-12,15,21H,4-5,13-14H2,1-3H3,(H,26,31)(H,27,30)/t15-,21-/m1/s1. The second-order valence-corrected chi connectivity index (χ2v) is 9.32. The smallest absolute Gasteiger partial charge is 0.262 e. The summed E-state index contributed by atoms with van der Waals surface area (Å²) in [7, 11) is 0. The molecule has 0 unspecified atom stereocenters. The maximum atomic E-state index is 12.8. The van der Waals surface area contributed by atoms with Crippen LogP contribution in [0.2, 0.25) is 0 Å². The Hall–Kier alpha value is -3.53. The number of amides is 3. The van der Waals surface area contributed by atoms with Crippen molar-refractivity contribution < 1.29 is 23.9 Å². The first-order valence-corrected chi connectivity index (χ1v) is 12.4. The summed E-state index contributed by atoms with van der Waals surface area (Å²) < 4.78 is 10.7. The third kappa shape index (κ3) is 5.76. The zero-order valence-electron chi connectivity index (χ0n) is 19.9. The van der Waals surface area contributed by atoms with Crippen LogP contribution in [0.25, 0.3) is 0 Å². The largest absolute Gasteiger partial charge is 0.454 e. The van der Waals surface area contributed by atoms with E-state index in [1.165, 1.54) is 11.8 Å². The predicted octanol–water partition coefficient (Wildman–Crippen LogP) is 3.57. The van der Waals surface area contributed by atoms with Crippen LogP contribution < -0.4 is 20.1 Å². The Morgan fingerprint density at radius 1 is 1.14 bits per heavy atom. The number of carbonyl (C=O) groups excluding carboxylic acids is 3. The second kappa shape index (κ2) is 10.8. The van der Waals surface area contributed by atoms with Gasteiger partial charge in [-0.3, -0.25) is 14.4 Å². The lowest BCUT2D eigenvalue weighted by Gasteiger charge is -2.19. The van der Waals surface area contributed by atoms with E-state index in [4.69, 9.17) is 9.47 Å². The lowest BCUT2D eigenvalue weighted by Crippen LogP contribution is -2.28. The van der Waals surface area contributed by atoms with Crippen molar-refractivity contribution in [1.82, 2.24) is 10.2 Å². The molecule has 2 aromatic rings. The van der Waals surface area contributed by atoms with Crippen LogP contribution in [-0.2, 0) is 9.59 Å². The molecule has 9 nitrogen and oxygen atoms in total. The Balaban J connectivity index is 1.33. The number of ether oxygens (including phenoxy) is 2. The quantitative estimate of drug-likeness (QED) is 0.575. The van der Waals surface area contributed by atoms with Gasteiger partial charge >= 0.3 is 0 Å². The van der Waals surface area contributed by atoms with Crippen LogP contribution in [0.1, 0.15) is 49.2 Å².